The normalized spacial score (nSPS) is 16.1. The summed E-state index contributed by atoms with van der Waals surface area (Å²) in [6.45, 7) is 0. The second kappa shape index (κ2) is 7.92. The molecule has 0 saturated carbocycles. The first-order valence-corrected chi connectivity index (χ1v) is 10.9. The van der Waals surface area contributed by atoms with Gasteiger partial charge in [0.2, 0.25) is 0 Å². The van der Waals surface area contributed by atoms with Crippen molar-refractivity contribution in [3.63, 3.8) is 0 Å². The average molecular weight is 430 g/mol. The predicted octanol–water partition coefficient (Wildman–Crippen LogP) is 3.98. The Balaban J connectivity index is 1.74. The Kier molecular flexibility index (Phi) is 4.95. The van der Waals surface area contributed by atoms with E-state index in [-0.39, 0.29) is 22.6 Å². The number of rotatable bonds is 4. The predicted molar refractivity (Wildman–Crippen MR) is 123 cm³/mol. The summed E-state index contributed by atoms with van der Waals surface area (Å²) in [6.07, 6.45) is 0. The molecule has 3 aromatic carbocycles. The molecule has 0 aliphatic carbocycles. The number of ether oxygens (including phenoxy) is 1. The van der Waals surface area contributed by atoms with Crippen molar-refractivity contribution in [2.75, 3.05) is 17.9 Å². The van der Waals surface area contributed by atoms with E-state index in [1.165, 1.54) is 21.4 Å². The van der Waals surface area contributed by atoms with Crippen molar-refractivity contribution in [3.05, 3.63) is 94.8 Å². The molecular formula is C24H19N3O3S. The molecule has 0 radical (unpaired) electrons. The van der Waals surface area contributed by atoms with Crippen molar-refractivity contribution in [2.24, 2.45) is 0 Å². The maximum atomic E-state index is 13.6. The molecule has 1 aliphatic rings. The molecule has 154 valence electrons. The topological polar surface area (TPSA) is 64.4 Å². The van der Waals surface area contributed by atoms with Crippen LogP contribution < -0.4 is 15.3 Å². The average Bonchev–Trinajstić information content (AvgIpc) is 3.20. The molecule has 1 aliphatic heterocycles. The molecule has 2 heterocycles. The zero-order valence-electron chi connectivity index (χ0n) is 16.8. The van der Waals surface area contributed by atoms with Gasteiger partial charge in [0.1, 0.15) is 11.1 Å². The van der Waals surface area contributed by atoms with Gasteiger partial charge in [0.05, 0.1) is 23.8 Å². The standard InChI is InChI=1S/C24H19N3O3S/c1-30-18-13-11-17(12-14-18)24-26(21(28)15-31-24)27-22(16-7-3-2-4-8-16)25-20-10-6-5-9-19(20)23(27)29/h2-14,24H,15H2,1H3. The Morgan fingerprint density at radius 3 is 2.39 bits per heavy atom. The number of aromatic nitrogens is 2. The molecule has 1 unspecified atom stereocenters. The third-order valence-electron chi connectivity index (χ3n) is 5.24. The van der Waals surface area contributed by atoms with Crippen molar-refractivity contribution < 1.29 is 9.53 Å². The van der Waals surface area contributed by atoms with Gasteiger partial charge in [-0.15, -0.1) is 11.8 Å². The van der Waals surface area contributed by atoms with Crippen LogP contribution >= 0.6 is 11.8 Å². The summed E-state index contributed by atoms with van der Waals surface area (Å²) >= 11 is 1.49. The number of methoxy groups -OCH3 is 1. The van der Waals surface area contributed by atoms with Crippen LogP contribution in [0.2, 0.25) is 0 Å². The highest BCUT2D eigenvalue weighted by atomic mass is 32.2. The Labute approximate surface area is 183 Å². The first kappa shape index (κ1) is 19.4. The zero-order chi connectivity index (χ0) is 21.4. The Morgan fingerprint density at radius 1 is 0.935 bits per heavy atom. The molecule has 0 bridgehead atoms. The maximum Gasteiger partial charge on any atom is 0.280 e. The number of carbonyl (C=O) groups excluding carboxylic acids is 1. The van der Waals surface area contributed by atoms with Crippen molar-refractivity contribution >= 4 is 28.6 Å². The molecule has 6 nitrogen and oxygen atoms in total. The minimum Gasteiger partial charge on any atom is -0.497 e. The highest BCUT2D eigenvalue weighted by molar-refractivity contribution is 8.00. The number of thioether (sulfide) groups is 1. The summed E-state index contributed by atoms with van der Waals surface area (Å²) < 4.78 is 6.70. The van der Waals surface area contributed by atoms with Crippen molar-refractivity contribution in [1.29, 1.82) is 0 Å². The fraction of sp³-hybridized carbons (Fsp3) is 0.125. The molecule has 1 atom stereocenters. The smallest absolute Gasteiger partial charge is 0.280 e. The van der Waals surface area contributed by atoms with Gasteiger partial charge in [-0.3, -0.25) is 9.59 Å². The molecule has 1 amide bonds. The number of hydrogen-bond donors (Lipinski definition) is 0. The lowest BCUT2D eigenvalue weighted by molar-refractivity contribution is -0.117. The largest absolute Gasteiger partial charge is 0.497 e. The number of para-hydroxylation sites is 1. The summed E-state index contributed by atoms with van der Waals surface area (Å²) in [7, 11) is 1.61. The van der Waals surface area contributed by atoms with E-state index in [1.54, 1.807) is 19.2 Å². The van der Waals surface area contributed by atoms with Crippen molar-refractivity contribution in [3.8, 4) is 17.1 Å². The summed E-state index contributed by atoms with van der Waals surface area (Å²) in [5.41, 5.74) is 2.01. The van der Waals surface area contributed by atoms with Gasteiger partial charge >= 0.3 is 0 Å². The second-order valence-electron chi connectivity index (χ2n) is 7.11. The Hall–Kier alpha value is -3.58. The van der Waals surface area contributed by atoms with E-state index in [1.807, 2.05) is 66.7 Å². The summed E-state index contributed by atoms with van der Waals surface area (Å²) in [5, 5.41) is 1.67. The molecule has 0 spiro atoms. The summed E-state index contributed by atoms with van der Waals surface area (Å²) in [4.78, 5) is 31.5. The monoisotopic (exact) mass is 429 g/mol. The SMILES string of the molecule is COc1ccc(C2SCC(=O)N2n2c(-c3ccccc3)nc3ccccc3c2=O)cc1. The van der Waals surface area contributed by atoms with Crippen LogP contribution in [0.25, 0.3) is 22.3 Å². The second-order valence-corrected chi connectivity index (χ2v) is 8.18. The Bertz CT molecular complexity index is 1320. The summed E-state index contributed by atoms with van der Waals surface area (Å²) in [5.74, 6) is 1.32. The highest BCUT2D eigenvalue weighted by Gasteiger charge is 2.37. The van der Waals surface area contributed by atoms with Crippen LogP contribution in [-0.4, -0.2) is 28.4 Å². The van der Waals surface area contributed by atoms with E-state index in [4.69, 9.17) is 9.72 Å². The maximum absolute atomic E-state index is 13.6. The van der Waals surface area contributed by atoms with Gasteiger partial charge in [0.25, 0.3) is 11.5 Å². The van der Waals surface area contributed by atoms with Gasteiger partial charge in [-0.2, -0.15) is 4.68 Å². The third kappa shape index (κ3) is 3.37. The van der Waals surface area contributed by atoms with Crippen LogP contribution in [0.4, 0.5) is 0 Å². The first-order valence-electron chi connectivity index (χ1n) is 9.82. The van der Waals surface area contributed by atoms with Gasteiger partial charge in [0.15, 0.2) is 5.82 Å². The van der Waals surface area contributed by atoms with Gasteiger partial charge in [-0.05, 0) is 29.8 Å². The number of benzene rings is 3. The van der Waals surface area contributed by atoms with Crippen LogP contribution in [0.5, 0.6) is 5.75 Å². The molecule has 0 N–H and O–H groups in total. The van der Waals surface area contributed by atoms with Gasteiger partial charge in [-0.1, -0.05) is 54.6 Å². The summed E-state index contributed by atoms with van der Waals surface area (Å²) in [6, 6.07) is 24.2. The zero-order valence-corrected chi connectivity index (χ0v) is 17.6. The lowest BCUT2D eigenvalue weighted by Crippen LogP contribution is -2.46. The number of fused-ring (bicyclic) bond motifs is 1. The molecule has 1 aromatic heterocycles. The minimum absolute atomic E-state index is 0.137. The third-order valence-corrected chi connectivity index (χ3v) is 6.45. The first-order chi connectivity index (χ1) is 15.2. The van der Waals surface area contributed by atoms with Crippen LogP contribution in [0.15, 0.2) is 83.7 Å². The number of carbonyl (C=O) groups is 1. The fourth-order valence-corrected chi connectivity index (χ4v) is 4.87. The fourth-order valence-electron chi connectivity index (χ4n) is 3.74. The molecule has 1 fully saturated rings. The molecule has 5 rings (SSSR count). The van der Waals surface area contributed by atoms with Crippen molar-refractivity contribution in [1.82, 2.24) is 9.66 Å². The van der Waals surface area contributed by atoms with Crippen LogP contribution in [-0.2, 0) is 4.79 Å². The molecule has 1 saturated heterocycles. The van der Waals surface area contributed by atoms with Crippen LogP contribution in [0.1, 0.15) is 10.9 Å². The quantitative estimate of drug-likeness (QED) is 0.491. The molecule has 31 heavy (non-hydrogen) atoms. The van der Waals surface area contributed by atoms with E-state index in [2.05, 4.69) is 0 Å². The number of hydrogen-bond acceptors (Lipinski definition) is 5. The van der Waals surface area contributed by atoms with E-state index in [0.29, 0.717) is 16.7 Å². The van der Waals surface area contributed by atoms with Crippen LogP contribution in [0.3, 0.4) is 0 Å². The molecular weight excluding hydrogens is 410 g/mol. The van der Waals surface area contributed by atoms with Gasteiger partial charge < -0.3 is 4.74 Å². The molecule has 7 heteroatoms. The van der Waals surface area contributed by atoms with Gasteiger partial charge in [-0.25, -0.2) is 9.99 Å². The van der Waals surface area contributed by atoms with E-state index < -0.39 is 0 Å². The number of amides is 1. The lowest BCUT2D eigenvalue weighted by atomic mass is 10.2. The minimum atomic E-state index is -0.346. The van der Waals surface area contributed by atoms with Crippen LogP contribution in [0, 0.1) is 0 Å². The van der Waals surface area contributed by atoms with Crippen molar-refractivity contribution in [2.45, 2.75) is 5.37 Å². The lowest BCUT2D eigenvalue weighted by Gasteiger charge is -2.28. The van der Waals surface area contributed by atoms with E-state index >= 15 is 0 Å². The molecule has 4 aromatic rings. The van der Waals surface area contributed by atoms with Gasteiger partial charge in [0, 0.05) is 5.56 Å². The van der Waals surface area contributed by atoms with E-state index in [9.17, 15) is 9.59 Å². The van der Waals surface area contributed by atoms with E-state index in [0.717, 1.165) is 16.9 Å². The highest BCUT2D eigenvalue weighted by Crippen LogP contribution is 2.38. The number of nitrogens with zero attached hydrogens (tertiary/aromatic N) is 3. The Morgan fingerprint density at radius 2 is 1.65 bits per heavy atom.